The van der Waals surface area contributed by atoms with E-state index < -0.39 is 6.39 Å². The molecule has 13 heteroatoms. The summed E-state index contributed by atoms with van der Waals surface area (Å²) >= 11 is 0. The van der Waals surface area contributed by atoms with Gasteiger partial charge in [-0.15, -0.1) is 0 Å². The second kappa shape index (κ2) is 5.24. The van der Waals surface area contributed by atoms with E-state index in [1.807, 2.05) is 0 Å². The Morgan fingerprint density at radius 2 is 1.62 bits per heavy atom. The molecule has 0 atom stereocenters. The number of aromatic nitrogens is 1. The molecule has 4 fully saturated rings. The third-order valence-electron chi connectivity index (χ3n) is 9.87. The molecule has 12 rings (SSSR count). The van der Waals surface area contributed by atoms with Crippen LogP contribution < -0.4 is 31.2 Å². The van der Waals surface area contributed by atoms with E-state index in [1.165, 1.54) is 49.2 Å². The van der Waals surface area contributed by atoms with Gasteiger partial charge in [-0.2, -0.15) is 0 Å². The van der Waals surface area contributed by atoms with Gasteiger partial charge in [0.25, 0.3) is 0 Å². The predicted molar refractivity (Wildman–Crippen MR) is 162 cm³/mol. The Balaban J connectivity index is 1.31. The molecule has 8 heterocycles. The summed E-state index contributed by atoms with van der Waals surface area (Å²) in [6.07, 6.45) is -0.259. The summed E-state index contributed by atoms with van der Waals surface area (Å²) in [5.41, 5.74) is 7.52. The molecule has 7 aliphatic rings. The van der Waals surface area contributed by atoms with E-state index >= 15 is 0 Å². The SMILES string of the molecule is [B]1B2[B-]P12(N=[P+]1B2[B-]B21)c1cc2c3ccccc3n3c2c2c1Oc1cccc4c1B2c1c(cccc1-3)O4. The second-order valence-corrected chi connectivity index (χ2v) is 18.5. The number of rotatable bonds is 2. The fourth-order valence-corrected chi connectivity index (χ4v) is 17.0. The molecular weight excluding hydrogens is 486 g/mol. The van der Waals surface area contributed by atoms with Crippen molar-refractivity contribution in [2.24, 2.45) is 4.52 Å². The molecule has 4 saturated heterocycles. The zero-order chi connectivity index (χ0) is 23.4. The van der Waals surface area contributed by atoms with E-state index in [1.54, 1.807) is 0 Å². The van der Waals surface area contributed by atoms with E-state index in [9.17, 15) is 0 Å². The van der Waals surface area contributed by atoms with Crippen LogP contribution in [0.1, 0.15) is 0 Å². The normalized spacial score (nSPS) is 22.3. The Morgan fingerprint density at radius 1 is 0.865 bits per heavy atom. The molecule has 0 aliphatic carbocycles. The van der Waals surface area contributed by atoms with Crippen LogP contribution in [0.2, 0.25) is 0 Å². The van der Waals surface area contributed by atoms with Crippen molar-refractivity contribution in [3.05, 3.63) is 66.7 Å². The van der Waals surface area contributed by atoms with Gasteiger partial charge in [0.2, 0.25) is 0 Å². The van der Waals surface area contributed by atoms with Gasteiger partial charge in [-0.05, 0) is 0 Å². The average Bonchev–Trinajstić information content (AvgIpc) is 3.83. The summed E-state index contributed by atoms with van der Waals surface area (Å²) < 4.78 is 21.7. The Kier molecular flexibility index (Phi) is 2.62. The van der Waals surface area contributed by atoms with Crippen molar-refractivity contribution in [3.8, 4) is 28.7 Å². The van der Waals surface area contributed by atoms with Crippen molar-refractivity contribution < 1.29 is 9.47 Å². The van der Waals surface area contributed by atoms with Crippen LogP contribution in [0.25, 0.3) is 27.5 Å². The van der Waals surface area contributed by atoms with Crippen LogP contribution in [0.5, 0.6) is 23.0 Å². The Bertz CT molecular complexity index is 2100. The number of hydrogen-bond acceptors (Lipinski definition) is 3. The monoisotopic (exact) mass is 498 g/mol. The van der Waals surface area contributed by atoms with Gasteiger partial charge in [-0.25, -0.2) is 0 Å². The van der Waals surface area contributed by atoms with Crippen LogP contribution >= 0.6 is 13.9 Å². The summed E-state index contributed by atoms with van der Waals surface area (Å²) in [5.74, 6) is 3.89. The fraction of sp³-hybridized carbons (Fsp3) is 0. The van der Waals surface area contributed by atoms with Gasteiger partial charge in [0, 0.05) is 0 Å². The number of nitrogens with zero attached hydrogens (tertiary/aromatic N) is 2. The van der Waals surface area contributed by atoms with Gasteiger partial charge in [-0.3, -0.25) is 0 Å². The molecule has 0 saturated carbocycles. The van der Waals surface area contributed by atoms with E-state index in [4.69, 9.17) is 14.0 Å². The van der Waals surface area contributed by atoms with E-state index in [0.717, 1.165) is 35.4 Å². The number of ether oxygens (including phenoxy) is 2. The Morgan fingerprint density at radius 3 is 2.41 bits per heavy atom. The number of fused-ring (bicyclic) bond motifs is 6. The first-order valence-corrected chi connectivity index (χ1v) is 16.9. The van der Waals surface area contributed by atoms with Gasteiger partial charge in [0.15, 0.2) is 0 Å². The summed E-state index contributed by atoms with van der Waals surface area (Å²) in [4.78, 5) is 0. The van der Waals surface area contributed by atoms with Gasteiger partial charge >= 0.3 is 218 Å². The van der Waals surface area contributed by atoms with E-state index in [-0.39, 0.29) is 14.2 Å². The van der Waals surface area contributed by atoms with Crippen LogP contribution in [0.4, 0.5) is 0 Å². The molecule has 4 nitrogen and oxygen atoms in total. The van der Waals surface area contributed by atoms with Crippen molar-refractivity contribution in [2.45, 2.75) is 0 Å². The molecule has 37 heavy (non-hydrogen) atoms. The third-order valence-corrected chi connectivity index (χ3v) is 18.3. The summed E-state index contributed by atoms with van der Waals surface area (Å²) in [7, 11) is 2.32. The molecule has 0 N–H and O–H groups in total. The topological polar surface area (TPSA) is 35.8 Å². The minimum absolute atomic E-state index is 0.111. The van der Waals surface area contributed by atoms with Crippen LogP contribution in [-0.2, 0) is 0 Å². The first kappa shape index (κ1) is 18.5. The molecule has 7 aliphatic heterocycles. The van der Waals surface area contributed by atoms with Crippen LogP contribution in [0, 0.1) is 0 Å². The number of benzene rings is 4. The third kappa shape index (κ3) is 1.80. The zero-order valence-corrected chi connectivity index (χ0v) is 21.3. The van der Waals surface area contributed by atoms with Gasteiger partial charge in [0.05, 0.1) is 0 Å². The zero-order valence-electron chi connectivity index (χ0n) is 19.5. The van der Waals surface area contributed by atoms with Crippen molar-refractivity contribution in [2.75, 3.05) is 0 Å². The van der Waals surface area contributed by atoms with Crippen molar-refractivity contribution in [3.63, 3.8) is 0 Å². The van der Waals surface area contributed by atoms with Gasteiger partial charge < -0.3 is 0 Å². The molecule has 0 spiro atoms. The van der Waals surface area contributed by atoms with Crippen LogP contribution in [0.15, 0.2) is 71.2 Å². The summed E-state index contributed by atoms with van der Waals surface area (Å²) in [6, 6.07) is 24.2. The second-order valence-electron chi connectivity index (χ2n) is 11.6. The standard InChI is InChI=1S/C24H11B7N2O2P2/c1-2-6-14-12(5-1)13-11-19(37(26-29(37)27-37)32-36-30-25-31(30)36)24-22-23(13)33(14)15-7-3-8-16-20(15)28(22)21-17(34-16)9-4-10-18(21)35-24/h1-11H/q-1. The molecule has 5 radical (unpaired) electrons. The fourth-order valence-electron chi connectivity index (χ4n) is 7.72. The van der Waals surface area contributed by atoms with Crippen molar-refractivity contribution in [1.82, 2.24) is 4.57 Å². The number of para-hydroxylation sites is 1. The molecular formula is C24H11B7N2O2P2-. The quantitative estimate of drug-likeness (QED) is 0.272. The van der Waals surface area contributed by atoms with Gasteiger partial charge in [-0.1, -0.05) is 0 Å². The Hall–Kier alpha value is -2.74. The van der Waals surface area contributed by atoms with E-state index in [2.05, 4.69) is 92.1 Å². The maximum atomic E-state index is 6.99. The van der Waals surface area contributed by atoms with Crippen molar-refractivity contribution in [1.29, 1.82) is 0 Å². The molecule has 0 amide bonds. The average molecular weight is 497 g/mol. The predicted octanol–water partition coefficient (Wildman–Crippen LogP) is 2.62. The number of hydrogen-bond donors (Lipinski definition) is 0. The molecule has 4 aromatic carbocycles. The summed E-state index contributed by atoms with van der Waals surface area (Å²) in [5, 5.41) is 4.03. The Labute approximate surface area is 217 Å². The van der Waals surface area contributed by atoms with Crippen LogP contribution in [-0.4, -0.2) is 50.8 Å². The molecule has 5 aromatic rings. The molecule has 0 bridgehead atoms. The van der Waals surface area contributed by atoms with Crippen molar-refractivity contribution >= 4 is 104 Å². The molecule has 0 unspecified atom stereocenters. The first-order chi connectivity index (χ1) is 18.2. The van der Waals surface area contributed by atoms with Gasteiger partial charge in [0.1, 0.15) is 0 Å². The molecule has 161 valence electrons. The first-order valence-electron chi connectivity index (χ1n) is 13.1. The summed E-state index contributed by atoms with van der Waals surface area (Å²) in [6.45, 7) is 5.30. The minimum atomic E-state index is -2.45. The maximum absolute atomic E-state index is 6.99. The van der Waals surface area contributed by atoms with E-state index in [0.29, 0.717) is 6.21 Å². The van der Waals surface area contributed by atoms with Crippen LogP contribution in [0.3, 0.4) is 0 Å². The molecule has 1 aromatic heterocycles.